The summed E-state index contributed by atoms with van der Waals surface area (Å²) in [7, 11) is 4.78. The van der Waals surface area contributed by atoms with Crippen LogP contribution in [0.3, 0.4) is 0 Å². The van der Waals surface area contributed by atoms with Gasteiger partial charge in [0.05, 0.1) is 27.8 Å². The predicted molar refractivity (Wildman–Crippen MR) is 103 cm³/mol. The third-order valence-electron chi connectivity index (χ3n) is 4.29. The third-order valence-corrected chi connectivity index (χ3v) is 4.29. The zero-order chi connectivity index (χ0) is 19.4. The highest BCUT2D eigenvalue weighted by molar-refractivity contribution is 5.80. The lowest BCUT2D eigenvalue weighted by molar-refractivity contribution is -0.136. The number of aromatic amines is 1. The van der Waals surface area contributed by atoms with Gasteiger partial charge >= 0.3 is 5.97 Å². The first-order valence-electron chi connectivity index (χ1n) is 8.35. The van der Waals surface area contributed by atoms with Crippen molar-refractivity contribution in [3.8, 4) is 39.6 Å². The van der Waals surface area contributed by atoms with Crippen LogP contribution < -0.4 is 14.2 Å². The van der Waals surface area contributed by atoms with Gasteiger partial charge in [0, 0.05) is 28.6 Å². The summed E-state index contributed by atoms with van der Waals surface area (Å²) in [5.41, 5.74) is 4.00. The minimum absolute atomic E-state index is 0.109. The van der Waals surface area contributed by atoms with Crippen molar-refractivity contribution in [1.29, 1.82) is 0 Å². The van der Waals surface area contributed by atoms with Crippen molar-refractivity contribution >= 4 is 5.97 Å². The lowest BCUT2D eigenvalue weighted by atomic mass is 10.0. The molecule has 0 bridgehead atoms. The molecule has 0 aliphatic heterocycles. The third kappa shape index (κ3) is 4.06. The molecule has 0 fully saturated rings. The van der Waals surface area contributed by atoms with Crippen LogP contribution in [0.15, 0.2) is 48.5 Å². The van der Waals surface area contributed by atoms with Gasteiger partial charge in [-0.25, -0.2) is 0 Å². The molecule has 6 heteroatoms. The van der Waals surface area contributed by atoms with E-state index in [0.717, 1.165) is 28.1 Å². The van der Waals surface area contributed by atoms with Crippen molar-refractivity contribution in [2.24, 2.45) is 0 Å². The molecule has 0 atom stereocenters. The van der Waals surface area contributed by atoms with E-state index < -0.39 is 5.97 Å². The zero-order valence-corrected chi connectivity index (χ0v) is 15.4. The summed E-state index contributed by atoms with van der Waals surface area (Å²) in [5.74, 6) is 1.16. The van der Waals surface area contributed by atoms with E-state index >= 15 is 0 Å². The normalized spacial score (nSPS) is 10.5. The van der Waals surface area contributed by atoms with Crippen LogP contribution in [0, 0.1) is 0 Å². The molecule has 3 rings (SSSR count). The molecule has 0 unspecified atom stereocenters. The van der Waals surface area contributed by atoms with Crippen molar-refractivity contribution in [3.63, 3.8) is 0 Å². The van der Waals surface area contributed by atoms with E-state index in [0.29, 0.717) is 17.2 Å². The molecule has 0 aliphatic rings. The molecule has 0 saturated heterocycles. The van der Waals surface area contributed by atoms with Crippen molar-refractivity contribution < 1.29 is 24.1 Å². The average molecular weight is 367 g/mol. The highest BCUT2D eigenvalue weighted by Gasteiger charge is 2.15. The number of methoxy groups -OCH3 is 3. The Hall–Kier alpha value is -3.41. The maximum absolute atomic E-state index is 11.3. The second-order valence-corrected chi connectivity index (χ2v) is 5.98. The summed E-state index contributed by atoms with van der Waals surface area (Å²) >= 11 is 0. The van der Waals surface area contributed by atoms with E-state index in [9.17, 15) is 9.90 Å². The number of hydrogen-bond donors (Lipinski definition) is 2. The molecule has 0 amide bonds. The van der Waals surface area contributed by atoms with Gasteiger partial charge in [0.1, 0.15) is 17.2 Å². The minimum Gasteiger partial charge on any atom is -0.497 e. The number of carboxylic acid groups (broad SMARTS) is 1. The van der Waals surface area contributed by atoms with Gasteiger partial charge in [-0.3, -0.25) is 4.79 Å². The SMILES string of the molecule is COc1ccc(-c2cc(-c3cc(OC)cc(OC)c3)[nH]c2CC(=O)O)cc1. The van der Waals surface area contributed by atoms with Crippen LogP contribution in [0.5, 0.6) is 17.2 Å². The molecule has 2 N–H and O–H groups in total. The van der Waals surface area contributed by atoms with E-state index in [-0.39, 0.29) is 6.42 Å². The van der Waals surface area contributed by atoms with Gasteiger partial charge in [0.15, 0.2) is 0 Å². The molecule has 1 heterocycles. The highest BCUT2D eigenvalue weighted by atomic mass is 16.5. The lowest BCUT2D eigenvalue weighted by Crippen LogP contribution is -2.01. The number of carboxylic acids is 1. The smallest absolute Gasteiger partial charge is 0.309 e. The largest absolute Gasteiger partial charge is 0.497 e. The Bertz CT molecular complexity index is 921. The predicted octanol–water partition coefficient (Wildman–Crippen LogP) is 4.00. The van der Waals surface area contributed by atoms with Crippen LogP contribution in [-0.2, 0) is 11.2 Å². The van der Waals surface area contributed by atoms with Gasteiger partial charge in [0.2, 0.25) is 0 Å². The van der Waals surface area contributed by atoms with Crippen LogP contribution in [0.4, 0.5) is 0 Å². The van der Waals surface area contributed by atoms with E-state index in [4.69, 9.17) is 14.2 Å². The molecule has 140 valence electrons. The number of H-pyrrole nitrogens is 1. The highest BCUT2D eigenvalue weighted by Crippen LogP contribution is 2.34. The van der Waals surface area contributed by atoms with Gasteiger partial charge in [-0.15, -0.1) is 0 Å². The molecule has 1 aromatic heterocycles. The summed E-state index contributed by atoms with van der Waals surface area (Å²) in [5, 5.41) is 9.28. The molecule has 0 radical (unpaired) electrons. The number of nitrogens with one attached hydrogen (secondary N) is 1. The number of rotatable bonds is 7. The standard InChI is InChI=1S/C21H21NO5/c1-25-15-6-4-13(5-7-15)18-11-19(22-20(18)12-21(23)24)14-8-16(26-2)10-17(9-14)27-3/h4-11,22H,12H2,1-3H3,(H,23,24). The molecule has 6 nitrogen and oxygen atoms in total. The summed E-state index contributed by atoms with van der Waals surface area (Å²) in [6, 6.07) is 15.0. The Morgan fingerprint density at radius 1 is 0.852 bits per heavy atom. The fraction of sp³-hybridized carbons (Fsp3) is 0.190. The van der Waals surface area contributed by atoms with Crippen molar-refractivity contribution in [3.05, 3.63) is 54.2 Å². The molecule has 0 saturated carbocycles. The number of benzene rings is 2. The number of aromatic nitrogens is 1. The second-order valence-electron chi connectivity index (χ2n) is 5.98. The van der Waals surface area contributed by atoms with E-state index in [1.807, 2.05) is 42.5 Å². The van der Waals surface area contributed by atoms with Gasteiger partial charge in [0.25, 0.3) is 0 Å². The molecule has 2 aromatic carbocycles. The maximum atomic E-state index is 11.3. The van der Waals surface area contributed by atoms with Gasteiger partial charge in [-0.2, -0.15) is 0 Å². The van der Waals surface area contributed by atoms with Gasteiger partial charge in [-0.05, 0) is 35.9 Å². The Kier molecular flexibility index (Phi) is 5.35. The Labute approximate surface area is 157 Å². The monoisotopic (exact) mass is 367 g/mol. The molecule has 3 aromatic rings. The maximum Gasteiger partial charge on any atom is 0.309 e. The Morgan fingerprint density at radius 3 is 1.96 bits per heavy atom. The molecular formula is C21H21NO5. The molecule has 0 spiro atoms. The fourth-order valence-electron chi connectivity index (χ4n) is 2.93. The second kappa shape index (κ2) is 7.86. The quantitative estimate of drug-likeness (QED) is 0.660. The Morgan fingerprint density at radius 2 is 1.44 bits per heavy atom. The zero-order valence-electron chi connectivity index (χ0n) is 15.4. The first-order valence-corrected chi connectivity index (χ1v) is 8.35. The van der Waals surface area contributed by atoms with Gasteiger partial charge < -0.3 is 24.3 Å². The molecule has 27 heavy (non-hydrogen) atoms. The topological polar surface area (TPSA) is 80.8 Å². The van der Waals surface area contributed by atoms with Crippen molar-refractivity contribution in [1.82, 2.24) is 4.98 Å². The van der Waals surface area contributed by atoms with Crippen LogP contribution in [0.25, 0.3) is 22.4 Å². The summed E-state index contributed by atoms with van der Waals surface area (Å²) in [6.07, 6.45) is -0.109. The number of ether oxygens (including phenoxy) is 3. The molecular weight excluding hydrogens is 346 g/mol. The van der Waals surface area contributed by atoms with E-state index in [1.54, 1.807) is 27.4 Å². The van der Waals surface area contributed by atoms with Gasteiger partial charge in [-0.1, -0.05) is 12.1 Å². The van der Waals surface area contributed by atoms with Crippen molar-refractivity contribution in [2.75, 3.05) is 21.3 Å². The molecule has 0 aliphatic carbocycles. The van der Waals surface area contributed by atoms with Crippen LogP contribution in [0.1, 0.15) is 5.69 Å². The first kappa shape index (κ1) is 18.4. The van der Waals surface area contributed by atoms with Crippen LogP contribution in [-0.4, -0.2) is 37.4 Å². The van der Waals surface area contributed by atoms with E-state index in [1.165, 1.54) is 0 Å². The van der Waals surface area contributed by atoms with E-state index in [2.05, 4.69) is 4.98 Å². The summed E-state index contributed by atoms with van der Waals surface area (Å²) in [6.45, 7) is 0. The minimum atomic E-state index is -0.901. The first-order chi connectivity index (χ1) is 13.0. The average Bonchev–Trinajstić information content (AvgIpc) is 3.10. The number of hydrogen-bond acceptors (Lipinski definition) is 4. The number of aliphatic carboxylic acids is 1. The lowest BCUT2D eigenvalue weighted by Gasteiger charge is -2.07. The summed E-state index contributed by atoms with van der Waals surface area (Å²) in [4.78, 5) is 14.6. The van der Waals surface area contributed by atoms with Crippen LogP contribution >= 0.6 is 0 Å². The Balaban J connectivity index is 2.09. The van der Waals surface area contributed by atoms with Crippen LogP contribution in [0.2, 0.25) is 0 Å². The fourth-order valence-corrected chi connectivity index (χ4v) is 2.93. The number of carbonyl (C=O) groups is 1. The van der Waals surface area contributed by atoms with Crippen molar-refractivity contribution in [2.45, 2.75) is 6.42 Å². The summed E-state index contributed by atoms with van der Waals surface area (Å²) < 4.78 is 15.9.